The van der Waals surface area contributed by atoms with E-state index in [1.165, 1.54) is 36.2 Å². The summed E-state index contributed by atoms with van der Waals surface area (Å²) in [7, 11) is 0. The summed E-state index contributed by atoms with van der Waals surface area (Å²) >= 11 is 1.61. The summed E-state index contributed by atoms with van der Waals surface area (Å²) in [5.41, 5.74) is 7.45. The highest BCUT2D eigenvalue weighted by Crippen LogP contribution is 2.48. The van der Waals surface area contributed by atoms with Crippen molar-refractivity contribution in [3.63, 3.8) is 0 Å². The molecule has 3 nitrogen and oxygen atoms in total. The van der Waals surface area contributed by atoms with Gasteiger partial charge in [0.15, 0.2) is 0 Å². The first-order chi connectivity index (χ1) is 9.49. The first-order valence-corrected chi connectivity index (χ1v) is 8.76. The predicted octanol–water partition coefficient (Wildman–Crippen LogP) is 4.50. The molecule has 0 atom stereocenters. The topological polar surface area (TPSA) is 42.2 Å². The Morgan fingerprint density at radius 2 is 1.70 bits per heavy atom. The number of aromatic nitrogens is 1. The fourth-order valence-electron chi connectivity index (χ4n) is 2.43. The van der Waals surface area contributed by atoms with Gasteiger partial charge in [0.05, 0.1) is 0 Å². The molecule has 1 aliphatic rings. The predicted molar refractivity (Wildman–Crippen MR) is 89.6 cm³/mol. The minimum absolute atomic E-state index is 0.685. The van der Waals surface area contributed by atoms with Crippen molar-refractivity contribution >= 4 is 22.4 Å². The molecule has 1 saturated carbocycles. The van der Waals surface area contributed by atoms with Crippen LogP contribution in [0.1, 0.15) is 64.9 Å². The van der Waals surface area contributed by atoms with Crippen LogP contribution in [0.15, 0.2) is 0 Å². The summed E-state index contributed by atoms with van der Waals surface area (Å²) < 4.78 is 4.43. The first-order valence-electron chi connectivity index (χ1n) is 7.99. The second-order valence-corrected chi connectivity index (χ2v) is 7.66. The van der Waals surface area contributed by atoms with E-state index in [9.17, 15) is 0 Å². The number of hydrogen-bond donors (Lipinski definition) is 1. The summed E-state index contributed by atoms with van der Waals surface area (Å²) in [4.78, 5) is 2.54. The molecule has 1 heterocycles. The van der Waals surface area contributed by atoms with Crippen LogP contribution in [0.25, 0.3) is 0 Å². The number of nitrogens with two attached hydrogens (primary N) is 1. The molecule has 2 N–H and O–H groups in total. The van der Waals surface area contributed by atoms with Gasteiger partial charge < -0.3 is 10.6 Å². The molecular weight excluding hydrogens is 266 g/mol. The van der Waals surface area contributed by atoms with Crippen LogP contribution < -0.4 is 10.6 Å². The van der Waals surface area contributed by atoms with Gasteiger partial charge in [0.1, 0.15) is 10.8 Å². The standard InChI is InChI=1S/C16H29N3S/c1-11(2)7-9-19(10-8-12(3)4)16-14(13-5-6-13)15(17)18-20-16/h11-13H,5-10H2,1-4H3,(H2,17,18). The minimum Gasteiger partial charge on any atom is -0.383 e. The lowest BCUT2D eigenvalue weighted by atomic mass is 10.1. The Labute approximate surface area is 127 Å². The van der Waals surface area contributed by atoms with E-state index in [4.69, 9.17) is 5.73 Å². The zero-order valence-electron chi connectivity index (χ0n) is 13.4. The maximum atomic E-state index is 6.10. The molecule has 4 heteroatoms. The Kier molecular flexibility index (Phi) is 5.30. The van der Waals surface area contributed by atoms with Crippen LogP contribution in [0.3, 0.4) is 0 Å². The Hall–Kier alpha value is -0.770. The van der Waals surface area contributed by atoms with Crippen LogP contribution in [-0.4, -0.2) is 17.5 Å². The van der Waals surface area contributed by atoms with Crippen molar-refractivity contribution < 1.29 is 0 Å². The first kappa shape index (κ1) is 15.6. The van der Waals surface area contributed by atoms with Crippen molar-refractivity contribution in [2.24, 2.45) is 11.8 Å². The third kappa shape index (κ3) is 4.11. The normalized spacial score (nSPS) is 15.3. The van der Waals surface area contributed by atoms with Gasteiger partial charge in [-0.3, -0.25) is 0 Å². The maximum Gasteiger partial charge on any atom is 0.142 e. The summed E-state index contributed by atoms with van der Waals surface area (Å²) in [6, 6.07) is 0. The quantitative estimate of drug-likeness (QED) is 0.767. The minimum atomic E-state index is 0.685. The van der Waals surface area contributed by atoms with Gasteiger partial charge in [0, 0.05) is 18.7 Å². The van der Waals surface area contributed by atoms with Crippen LogP contribution in [-0.2, 0) is 0 Å². The number of anilines is 2. The van der Waals surface area contributed by atoms with E-state index < -0.39 is 0 Å². The monoisotopic (exact) mass is 295 g/mol. The molecule has 0 aliphatic heterocycles. The molecule has 1 aliphatic carbocycles. The molecule has 2 rings (SSSR count). The van der Waals surface area contributed by atoms with Crippen LogP contribution >= 0.6 is 11.5 Å². The van der Waals surface area contributed by atoms with Crippen molar-refractivity contribution in [1.29, 1.82) is 0 Å². The van der Waals surface area contributed by atoms with Crippen molar-refractivity contribution in [2.75, 3.05) is 23.7 Å². The van der Waals surface area contributed by atoms with Crippen molar-refractivity contribution in [2.45, 2.75) is 59.3 Å². The van der Waals surface area contributed by atoms with E-state index in [0.29, 0.717) is 5.92 Å². The van der Waals surface area contributed by atoms with Crippen molar-refractivity contribution in [1.82, 2.24) is 4.37 Å². The van der Waals surface area contributed by atoms with E-state index in [1.54, 1.807) is 11.5 Å². The molecule has 0 bridgehead atoms. The largest absolute Gasteiger partial charge is 0.383 e. The van der Waals surface area contributed by atoms with Crippen LogP contribution in [0, 0.1) is 11.8 Å². The molecule has 0 amide bonds. The molecule has 0 unspecified atom stereocenters. The van der Waals surface area contributed by atoms with Crippen LogP contribution in [0.5, 0.6) is 0 Å². The number of rotatable bonds is 8. The van der Waals surface area contributed by atoms with Gasteiger partial charge >= 0.3 is 0 Å². The molecule has 114 valence electrons. The summed E-state index contributed by atoms with van der Waals surface area (Å²) in [6.07, 6.45) is 5.05. The average molecular weight is 295 g/mol. The molecular formula is C16H29N3S. The summed E-state index contributed by atoms with van der Waals surface area (Å²) in [6.45, 7) is 11.4. The smallest absolute Gasteiger partial charge is 0.142 e. The van der Waals surface area contributed by atoms with Gasteiger partial charge in [-0.2, -0.15) is 4.37 Å². The fraction of sp³-hybridized carbons (Fsp3) is 0.812. The van der Waals surface area contributed by atoms with E-state index in [1.807, 2.05) is 0 Å². The summed E-state index contributed by atoms with van der Waals surface area (Å²) in [5.74, 6) is 2.95. The molecule has 0 radical (unpaired) electrons. The number of nitrogen functional groups attached to an aromatic ring is 1. The summed E-state index contributed by atoms with van der Waals surface area (Å²) in [5, 5.41) is 1.35. The fourth-order valence-corrected chi connectivity index (χ4v) is 3.38. The van der Waals surface area contributed by atoms with Crippen molar-refractivity contribution in [3.8, 4) is 0 Å². The van der Waals surface area contributed by atoms with Gasteiger partial charge in [-0.1, -0.05) is 27.7 Å². The highest BCUT2D eigenvalue weighted by atomic mass is 32.1. The molecule has 1 fully saturated rings. The second kappa shape index (κ2) is 6.79. The van der Waals surface area contributed by atoms with Crippen LogP contribution in [0.4, 0.5) is 10.8 Å². The van der Waals surface area contributed by atoms with Gasteiger partial charge in [0.25, 0.3) is 0 Å². The Morgan fingerprint density at radius 3 is 2.15 bits per heavy atom. The van der Waals surface area contributed by atoms with E-state index in [2.05, 4.69) is 37.0 Å². The zero-order valence-corrected chi connectivity index (χ0v) is 14.2. The highest BCUT2D eigenvalue weighted by Gasteiger charge is 2.32. The van der Waals surface area contributed by atoms with E-state index in [0.717, 1.165) is 30.7 Å². The number of hydrogen-bond acceptors (Lipinski definition) is 4. The van der Waals surface area contributed by atoms with Crippen LogP contribution in [0.2, 0.25) is 0 Å². The van der Waals surface area contributed by atoms with Crippen molar-refractivity contribution in [3.05, 3.63) is 5.56 Å². The third-order valence-electron chi connectivity index (χ3n) is 3.96. The number of nitrogens with zero attached hydrogens (tertiary/aromatic N) is 2. The lowest BCUT2D eigenvalue weighted by Crippen LogP contribution is -2.27. The Balaban J connectivity index is 2.11. The molecule has 0 aromatic carbocycles. The zero-order chi connectivity index (χ0) is 14.7. The molecule has 0 saturated heterocycles. The average Bonchev–Trinajstić information content (AvgIpc) is 3.13. The maximum absolute atomic E-state index is 6.10. The van der Waals surface area contributed by atoms with E-state index in [-0.39, 0.29) is 0 Å². The highest BCUT2D eigenvalue weighted by molar-refractivity contribution is 7.10. The van der Waals surface area contributed by atoms with E-state index >= 15 is 0 Å². The molecule has 1 aromatic heterocycles. The van der Waals surface area contributed by atoms with Gasteiger partial charge in [0.2, 0.25) is 0 Å². The lowest BCUT2D eigenvalue weighted by molar-refractivity contribution is 0.536. The Bertz CT molecular complexity index is 409. The third-order valence-corrected chi connectivity index (χ3v) is 4.90. The van der Waals surface area contributed by atoms with Gasteiger partial charge in [-0.25, -0.2) is 0 Å². The Morgan fingerprint density at radius 1 is 1.15 bits per heavy atom. The molecule has 0 spiro atoms. The van der Waals surface area contributed by atoms with Gasteiger partial charge in [-0.05, 0) is 55.0 Å². The SMILES string of the molecule is CC(C)CCN(CCC(C)C)c1snc(N)c1C1CC1. The molecule has 20 heavy (non-hydrogen) atoms. The lowest BCUT2D eigenvalue weighted by Gasteiger charge is -2.26. The molecule has 1 aromatic rings. The van der Waals surface area contributed by atoms with Gasteiger partial charge in [-0.15, -0.1) is 0 Å². The second-order valence-electron chi connectivity index (χ2n) is 6.91.